The molecule has 2 rings (SSSR count). The number of nitrogens with two attached hydrogens (primary N) is 1. The fourth-order valence-electron chi connectivity index (χ4n) is 2.40. The predicted octanol–water partition coefficient (Wildman–Crippen LogP) is 0.280. The fraction of sp³-hybridized carbons (Fsp3) is 0.200. The van der Waals surface area contributed by atoms with Gasteiger partial charge in [0.15, 0.2) is 6.61 Å². The first-order valence-electron chi connectivity index (χ1n) is 9.25. The lowest BCUT2D eigenvalue weighted by atomic mass is 10.2. The zero-order valence-electron chi connectivity index (χ0n) is 17.4. The lowest BCUT2D eigenvalue weighted by Gasteiger charge is -2.16. The second-order valence-electron chi connectivity index (χ2n) is 6.58. The van der Waals surface area contributed by atoms with Crippen molar-refractivity contribution < 1.29 is 27.5 Å². The number of anilines is 1. The van der Waals surface area contributed by atoms with Gasteiger partial charge in [0.25, 0.3) is 11.8 Å². The smallest absolute Gasteiger partial charge is 0.255 e. The number of carbonyl (C=O) groups is 3. The van der Waals surface area contributed by atoms with E-state index in [4.69, 9.17) is 10.5 Å². The number of benzene rings is 2. The molecule has 0 saturated carbocycles. The Morgan fingerprint density at radius 2 is 1.72 bits per heavy atom. The molecule has 0 radical (unpaired) electrons. The third-order valence-corrected chi connectivity index (χ3v) is 5.73. The highest BCUT2D eigenvalue weighted by Gasteiger charge is 2.22. The molecule has 0 aliphatic carbocycles. The van der Waals surface area contributed by atoms with Crippen LogP contribution in [0, 0.1) is 0 Å². The summed E-state index contributed by atoms with van der Waals surface area (Å²) in [6, 6.07) is 12.1. The van der Waals surface area contributed by atoms with E-state index in [1.165, 1.54) is 44.5 Å². The molecule has 0 atom stereocenters. The number of rotatable bonds is 10. The first-order chi connectivity index (χ1) is 15.1. The number of hydrogen-bond acceptors (Lipinski definition) is 7. The van der Waals surface area contributed by atoms with Crippen molar-refractivity contribution >= 4 is 39.6 Å². The maximum Gasteiger partial charge on any atom is 0.255 e. The van der Waals surface area contributed by atoms with Crippen molar-refractivity contribution in [1.82, 2.24) is 9.73 Å². The van der Waals surface area contributed by atoms with Crippen LogP contribution in [0.2, 0.25) is 0 Å². The minimum absolute atomic E-state index is 0.0240. The Hall–Kier alpha value is -3.77. The van der Waals surface area contributed by atoms with E-state index < -0.39 is 28.4 Å². The zero-order chi connectivity index (χ0) is 23.7. The molecule has 12 heteroatoms. The van der Waals surface area contributed by atoms with Crippen LogP contribution in [0.1, 0.15) is 12.5 Å². The largest absolute Gasteiger partial charge is 0.484 e. The van der Waals surface area contributed by atoms with Crippen LogP contribution in [0.4, 0.5) is 5.69 Å². The molecule has 2 aromatic rings. The summed E-state index contributed by atoms with van der Waals surface area (Å²) in [6.07, 6.45) is 1.37. The summed E-state index contributed by atoms with van der Waals surface area (Å²) < 4.78 is 31.2. The number of carbonyl (C=O) groups excluding carboxylic acids is 3. The second kappa shape index (κ2) is 11.0. The molecular weight excluding hydrogens is 438 g/mol. The fourth-order valence-corrected chi connectivity index (χ4v) is 3.53. The van der Waals surface area contributed by atoms with Crippen LogP contribution >= 0.6 is 0 Å². The van der Waals surface area contributed by atoms with Crippen LogP contribution in [0.25, 0.3) is 0 Å². The Labute approximate surface area is 185 Å². The van der Waals surface area contributed by atoms with E-state index in [1.54, 1.807) is 24.3 Å². The Morgan fingerprint density at radius 1 is 1.09 bits per heavy atom. The van der Waals surface area contributed by atoms with Crippen molar-refractivity contribution in [2.75, 3.05) is 25.5 Å². The second-order valence-corrected chi connectivity index (χ2v) is 8.63. The molecule has 0 saturated heterocycles. The van der Waals surface area contributed by atoms with Gasteiger partial charge in [0, 0.05) is 19.7 Å². The number of ether oxygens (including phenoxy) is 1. The van der Waals surface area contributed by atoms with Crippen LogP contribution in [0.5, 0.6) is 5.75 Å². The molecule has 0 aliphatic rings. The van der Waals surface area contributed by atoms with E-state index in [0.717, 1.165) is 4.31 Å². The molecule has 0 unspecified atom stereocenters. The van der Waals surface area contributed by atoms with E-state index in [9.17, 15) is 22.8 Å². The van der Waals surface area contributed by atoms with Gasteiger partial charge in [-0.05, 0) is 54.1 Å². The average molecular weight is 462 g/mol. The summed E-state index contributed by atoms with van der Waals surface area (Å²) in [6.45, 7) is 0.655. The molecule has 32 heavy (non-hydrogen) atoms. The Morgan fingerprint density at radius 3 is 2.28 bits per heavy atom. The van der Waals surface area contributed by atoms with Gasteiger partial charge in [0.05, 0.1) is 17.7 Å². The van der Waals surface area contributed by atoms with Gasteiger partial charge in [-0.15, -0.1) is 0 Å². The van der Waals surface area contributed by atoms with Crippen LogP contribution in [-0.2, 0) is 24.4 Å². The SMILES string of the molecule is CC(=O)Nc1ccc(S(=O)(=O)N(C)CC(=O)N/N=C\c2ccc(OCC(N)=O)cc2)cc1. The van der Waals surface area contributed by atoms with Gasteiger partial charge in [-0.2, -0.15) is 9.41 Å². The van der Waals surface area contributed by atoms with Gasteiger partial charge in [0.2, 0.25) is 15.9 Å². The van der Waals surface area contributed by atoms with Gasteiger partial charge in [0.1, 0.15) is 5.75 Å². The topological polar surface area (TPSA) is 160 Å². The highest BCUT2D eigenvalue weighted by atomic mass is 32.2. The van der Waals surface area contributed by atoms with Crippen LogP contribution in [0.15, 0.2) is 58.5 Å². The molecule has 3 amide bonds. The number of amides is 3. The summed E-state index contributed by atoms with van der Waals surface area (Å²) in [5.74, 6) is -1.06. The molecule has 0 aliphatic heterocycles. The van der Waals surface area contributed by atoms with Gasteiger partial charge in [-0.3, -0.25) is 14.4 Å². The summed E-state index contributed by atoms with van der Waals surface area (Å²) in [5.41, 5.74) is 8.35. The molecule has 2 aromatic carbocycles. The summed E-state index contributed by atoms with van der Waals surface area (Å²) in [4.78, 5) is 33.8. The summed E-state index contributed by atoms with van der Waals surface area (Å²) >= 11 is 0. The lowest BCUT2D eigenvalue weighted by Crippen LogP contribution is -2.36. The number of primary amides is 1. The molecule has 0 spiro atoms. The molecule has 170 valence electrons. The number of sulfonamides is 1. The Kier molecular flexibility index (Phi) is 8.44. The standard InChI is InChI=1S/C20H23N5O6S/c1-14(26)23-16-5-9-18(10-6-16)32(29,30)25(2)12-20(28)24-22-11-15-3-7-17(8-4-15)31-13-19(21)27/h3-11H,12-13H2,1-2H3,(H2,21,27)(H,23,26)(H,24,28)/b22-11-. The van der Waals surface area contributed by atoms with E-state index in [1.807, 2.05) is 0 Å². The molecule has 4 N–H and O–H groups in total. The van der Waals surface area contributed by atoms with Gasteiger partial charge >= 0.3 is 0 Å². The average Bonchev–Trinajstić information content (AvgIpc) is 2.73. The number of likely N-dealkylation sites (N-methyl/N-ethyl adjacent to an activating group) is 1. The van der Waals surface area contributed by atoms with Crippen molar-refractivity contribution in [3.8, 4) is 5.75 Å². The highest BCUT2D eigenvalue weighted by Crippen LogP contribution is 2.17. The molecular formula is C20H23N5O6S. The lowest BCUT2D eigenvalue weighted by molar-refractivity contribution is -0.121. The number of hydrogen-bond donors (Lipinski definition) is 3. The van der Waals surface area contributed by atoms with E-state index in [-0.39, 0.29) is 17.4 Å². The van der Waals surface area contributed by atoms with Gasteiger partial charge in [-0.1, -0.05) is 0 Å². The third kappa shape index (κ3) is 7.49. The van der Waals surface area contributed by atoms with Gasteiger partial charge in [-0.25, -0.2) is 13.8 Å². The molecule has 0 bridgehead atoms. The first-order valence-corrected chi connectivity index (χ1v) is 10.7. The van der Waals surface area contributed by atoms with E-state index in [0.29, 0.717) is 17.0 Å². The molecule has 0 fully saturated rings. The van der Waals surface area contributed by atoms with Crippen molar-refractivity contribution in [3.63, 3.8) is 0 Å². The van der Waals surface area contributed by atoms with Crippen molar-refractivity contribution in [2.24, 2.45) is 10.8 Å². The van der Waals surface area contributed by atoms with Crippen molar-refractivity contribution in [3.05, 3.63) is 54.1 Å². The van der Waals surface area contributed by atoms with Crippen molar-refractivity contribution in [2.45, 2.75) is 11.8 Å². The highest BCUT2D eigenvalue weighted by molar-refractivity contribution is 7.89. The maximum absolute atomic E-state index is 12.6. The quantitative estimate of drug-likeness (QED) is 0.340. The van der Waals surface area contributed by atoms with E-state index >= 15 is 0 Å². The summed E-state index contributed by atoms with van der Waals surface area (Å²) in [7, 11) is -2.64. The van der Waals surface area contributed by atoms with Crippen LogP contribution in [0.3, 0.4) is 0 Å². The normalized spacial score (nSPS) is 11.3. The summed E-state index contributed by atoms with van der Waals surface area (Å²) in [5, 5.41) is 6.33. The van der Waals surface area contributed by atoms with Crippen LogP contribution < -0.4 is 21.2 Å². The minimum Gasteiger partial charge on any atom is -0.484 e. The Bertz CT molecular complexity index is 1100. The third-order valence-electron chi connectivity index (χ3n) is 3.91. The zero-order valence-corrected chi connectivity index (χ0v) is 18.3. The maximum atomic E-state index is 12.6. The van der Waals surface area contributed by atoms with Gasteiger partial charge < -0.3 is 15.8 Å². The molecule has 0 aromatic heterocycles. The number of nitrogens with zero attached hydrogens (tertiary/aromatic N) is 2. The van der Waals surface area contributed by atoms with Crippen LogP contribution in [-0.4, -0.2) is 56.9 Å². The minimum atomic E-state index is -3.91. The monoisotopic (exact) mass is 461 g/mol. The Balaban J connectivity index is 1.90. The predicted molar refractivity (Wildman–Crippen MR) is 117 cm³/mol. The first kappa shape index (κ1) is 24.5. The number of hydrazone groups is 1. The number of nitrogens with one attached hydrogen (secondary N) is 2. The molecule has 0 heterocycles. The van der Waals surface area contributed by atoms with Crippen molar-refractivity contribution in [1.29, 1.82) is 0 Å². The van der Waals surface area contributed by atoms with E-state index in [2.05, 4.69) is 15.8 Å². The molecule has 11 nitrogen and oxygen atoms in total.